The van der Waals surface area contributed by atoms with Gasteiger partial charge < -0.3 is 10.1 Å². The number of hydrogen-bond acceptors (Lipinski definition) is 3. The summed E-state index contributed by atoms with van der Waals surface area (Å²) in [5.74, 6) is -0.255. The van der Waals surface area contributed by atoms with Crippen LogP contribution in [-0.4, -0.2) is 5.97 Å². The van der Waals surface area contributed by atoms with Gasteiger partial charge in [-0.2, -0.15) is 0 Å². The van der Waals surface area contributed by atoms with Gasteiger partial charge in [-0.1, -0.05) is 60.1 Å². The van der Waals surface area contributed by atoms with Gasteiger partial charge in [-0.15, -0.1) is 0 Å². The molecule has 0 aliphatic carbocycles. The molecule has 0 saturated heterocycles. The summed E-state index contributed by atoms with van der Waals surface area (Å²) in [6, 6.07) is 16.4. The summed E-state index contributed by atoms with van der Waals surface area (Å²) >= 11 is 3.48. The molecule has 0 saturated carbocycles. The highest BCUT2D eigenvalue weighted by molar-refractivity contribution is 9.10. The Labute approximate surface area is 145 Å². The van der Waals surface area contributed by atoms with Crippen molar-refractivity contribution in [2.24, 2.45) is 5.41 Å². The minimum absolute atomic E-state index is 0.0508. The highest BCUT2D eigenvalue weighted by atomic mass is 79.9. The molecule has 0 amide bonds. The van der Waals surface area contributed by atoms with E-state index in [1.807, 2.05) is 36.4 Å². The molecule has 0 unspecified atom stereocenters. The lowest BCUT2D eigenvalue weighted by Crippen LogP contribution is -2.40. The highest BCUT2D eigenvalue weighted by Gasteiger charge is 2.45. The van der Waals surface area contributed by atoms with E-state index in [-0.39, 0.29) is 23.5 Å². The largest absolute Gasteiger partial charge is 0.457 e. The van der Waals surface area contributed by atoms with Crippen molar-refractivity contribution in [2.45, 2.75) is 32.9 Å². The molecule has 2 atom stereocenters. The van der Waals surface area contributed by atoms with Crippen molar-refractivity contribution < 1.29 is 9.53 Å². The van der Waals surface area contributed by atoms with E-state index >= 15 is 0 Å². The first-order valence-electron chi connectivity index (χ1n) is 7.68. The molecule has 0 fully saturated rings. The molecular weight excluding hydrogens is 354 g/mol. The molecule has 3 nitrogen and oxygen atoms in total. The van der Waals surface area contributed by atoms with Crippen molar-refractivity contribution in [3.63, 3.8) is 0 Å². The van der Waals surface area contributed by atoms with E-state index in [1.165, 1.54) is 12.5 Å². The fourth-order valence-corrected chi connectivity index (χ4v) is 3.56. The van der Waals surface area contributed by atoms with Crippen LogP contribution in [-0.2, 0) is 9.53 Å². The first kappa shape index (κ1) is 16.1. The van der Waals surface area contributed by atoms with Gasteiger partial charge in [-0.05, 0) is 23.8 Å². The van der Waals surface area contributed by atoms with E-state index in [9.17, 15) is 4.79 Å². The van der Waals surface area contributed by atoms with E-state index in [0.717, 1.165) is 15.7 Å². The Bertz CT molecular complexity index is 724. The fraction of sp³-hybridized carbons (Fsp3) is 0.316. The van der Waals surface area contributed by atoms with Gasteiger partial charge in [0.1, 0.15) is 6.10 Å². The number of rotatable bonds is 2. The van der Waals surface area contributed by atoms with Crippen LogP contribution in [0.25, 0.3) is 0 Å². The average molecular weight is 374 g/mol. The van der Waals surface area contributed by atoms with Gasteiger partial charge in [0.2, 0.25) is 0 Å². The zero-order chi connectivity index (χ0) is 16.6. The molecule has 0 radical (unpaired) electrons. The van der Waals surface area contributed by atoms with E-state index in [2.05, 4.69) is 47.2 Å². The van der Waals surface area contributed by atoms with Gasteiger partial charge in [0.05, 0.1) is 6.04 Å². The van der Waals surface area contributed by atoms with Crippen molar-refractivity contribution in [3.05, 3.63) is 64.1 Å². The van der Waals surface area contributed by atoms with Gasteiger partial charge in [0.25, 0.3) is 0 Å². The summed E-state index contributed by atoms with van der Waals surface area (Å²) < 4.78 is 6.77. The smallest absolute Gasteiger partial charge is 0.303 e. The first-order chi connectivity index (χ1) is 10.9. The number of carbonyl (C=O) groups excluding carboxylic acids is 1. The van der Waals surface area contributed by atoms with Crippen LogP contribution in [0.1, 0.15) is 44.0 Å². The lowest BCUT2D eigenvalue weighted by atomic mass is 9.70. The quantitative estimate of drug-likeness (QED) is 0.730. The van der Waals surface area contributed by atoms with Crippen molar-refractivity contribution in [3.8, 4) is 0 Å². The second kappa shape index (κ2) is 6.00. The zero-order valence-corrected chi connectivity index (χ0v) is 15.1. The molecular formula is C19H20BrNO2. The fourth-order valence-electron chi connectivity index (χ4n) is 3.30. The monoisotopic (exact) mass is 373 g/mol. The number of ether oxygens (including phenoxy) is 1. The molecule has 1 aliphatic heterocycles. The number of nitrogens with one attached hydrogen (secondary N) is 1. The van der Waals surface area contributed by atoms with Gasteiger partial charge in [0.15, 0.2) is 0 Å². The van der Waals surface area contributed by atoms with Gasteiger partial charge in [-0.3, -0.25) is 4.79 Å². The third-order valence-electron chi connectivity index (χ3n) is 4.45. The SMILES string of the molecule is CC(=O)O[C@H]1c2ccccc2N[C@@H](c2ccc(Br)cc2)C1(C)C. The van der Waals surface area contributed by atoms with Crippen LogP contribution in [0.3, 0.4) is 0 Å². The molecule has 0 aromatic heterocycles. The zero-order valence-electron chi connectivity index (χ0n) is 13.5. The molecule has 1 heterocycles. The van der Waals surface area contributed by atoms with Gasteiger partial charge in [0, 0.05) is 28.1 Å². The number of halogens is 1. The Balaban J connectivity index is 2.09. The number of benzene rings is 2. The Morgan fingerprint density at radius 3 is 2.43 bits per heavy atom. The Morgan fingerprint density at radius 2 is 1.78 bits per heavy atom. The summed E-state index contributed by atoms with van der Waals surface area (Å²) in [5.41, 5.74) is 2.94. The molecule has 1 N–H and O–H groups in total. The summed E-state index contributed by atoms with van der Waals surface area (Å²) in [4.78, 5) is 11.6. The second-order valence-electron chi connectivity index (χ2n) is 6.53. The van der Waals surface area contributed by atoms with E-state index in [0.29, 0.717) is 0 Å². The van der Waals surface area contributed by atoms with Crippen molar-refractivity contribution in [1.82, 2.24) is 0 Å². The second-order valence-corrected chi connectivity index (χ2v) is 7.44. The maximum Gasteiger partial charge on any atom is 0.303 e. The van der Waals surface area contributed by atoms with Crippen molar-refractivity contribution in [2.75, 3.05) is 5.32 Å². The van der Waals surface area contributed by atoms with Crippen LogP contribution in [0.4, 0.5) is 5.69 Å². The normalized spacial score (nSPS) is 21.9. The summed E-state index contributed by atoms with van der Waals surface area (Å²) in [5, 5.41) is 3.62. The maximum absolute atomic E-state index is 11.6. The summed E-state index contributed by atoms with van der Waals surface area (Å²) in [7, 11) is 0. The molecule has 2 aromatic carbocycles. The van der Waals surface area contributed by atoms with Crippen molar-refractivity contribution in [1.29, 1.82) is 0 Å². The first-order valence-corrected chi connectivity index (χ1v) is 8.47. The minimum Gasteiger partial charge on any atom is -0.457 e. The molecule has 0 bridgehead atoms. The van der Waals surface area contributed by atoms with Crippen LogP contribution in [0.5, 0.6) is 0 Å². The number of hydrogen-bond donors (Lipinski definition) is 1. The van der Waals surface area contributed by atoms with Crippen LogP contribution in [0.2, 0.25) is 0 Å². The van der Waals surface area contributed by atoms with Crippen LogP contribution in [0, 0.1) is 5.41 Å². The van der Waals surface area contributed by atoms with E-state index in [1.54, 1.807) is 0 Å². The van der Waals surface area contributed by atoms with Crippen LogP contribution < -0.4 is 5.32 Å². The standard InChI is InChI=1S/C19H20BrNO2/c1-12(22)23-18-15-6-4-5-7-16(15)21-17(19(18,2)3)13-8-10-14(20)11-9-13/h4-11,17-18,21H,1-3H3/t17-,18-/m0/s1. The lowest BCUT2D eigenvalue weighted by molar-refractivity contribution is -0.154. The van der Waals surface area contributed by atoms with Gasteiger partial charge in [-0.25, -0.2) is 0 Å². The predicted molar refractivity (Wildman–Crippen MR) is 95.2 cm³/mol. The molecule has 2 aromatic rings. The van der Waals surface area contributed by atoms with E-state index < -0.39 is 0 Å². The van der Waals surface area contributed by atoms with Crippen LogP contribution >= 0.6 is 15.9 Å². The number of para-hydroxylation sites is 1. The van der Waals surface area contributed by atoms with Crippen LogP contribution in [0.15, 0.2) is 53.0 Å². The Kier molecular flexibility index (Phi) is 4.19. The molecule has 3 rings (SSSR count). The summed E-state index contributed by atoms with van der Waals surface area (Å²) in [6.07, 6.45) is -0.286. The minimum atomic E-state index is -0.286. The molecule has 4 heteroatoms. The Morgan fingerprint density at radius 1 is 1.13 bits per heavy atom. The average Bonchev–Trinajstić information content (AvgIpc) is 2.51. The third-order valence-corrected chi connectivity index (χ3v) is 4.98. The predicted octanol–water partition coefficient (Wildman–Crippen LogP) is 5.25. The molecule has 23 heavy (non-hydrogen) atoms. The molecule has 120 valence electrons. The summed E-state index contributed by atoms with van der Waals surface area (Å²) in [6.45, 7) is 5.74. The van der Waals surface area contributed by atoms with E-state index in [4.69, 9.17) is 4.74 Å². The number of carbonyl (C=O) groups is 1. The highest BCUT2D eigenvalue weighted by Crippen LogP contribution is 2.53. The maximum atomic E-state index is 11.6. The molecule has 0 spiro atoms. The van der Waals surface area contributed by atoms with Crippen molar-refractivity contribution >= 4 is 27.6 Å². The molecule has 1 aliphatic rings. The van der Waals surface area contributed by atoms with Gasteiger partial charge >= 0.3 is 5.97 Å². The lowest BCUT2D eigenvalue weighted by Gasteiger charge is -2.46. The number of esters is 1. The topological polar surface area (TPSA) is 38.3 Å². The third kappa shape index (κ3) is 3.00. The Hall–Kier alpha value is -1.81. The number of anilines is 1. The number of fused-ring (bicyclic) bond motifs is 1.